The van der Waals surface area contributed by atoms with Crippen LogP contribution < -0.4 is 5.32 Å². The minimum atomic E-state index is 0.555. The summed E-state index contributed by atoms with van der Waals surface area (Å²) < 4.78 is 0. The molecular formula is C16H25N. The molecule has 1 aromatic carbocycles. The van der Waals surface area contributed by atoms with Crippen molar-refractivity contribution in [3.05, 3.63) is 34.9 Å². The molecule has 1 aromatic rings. The first-order valence-corrected chi connectivity index (χ1v) is 7.01. The smallest absolute Gasteiger partial charge is 0.0320 e. The van der Waals surface area contributed by atoms with Crippen LogP contribution in [0.4, 0.5) is 0 Å². The average Bonchev–Trinajstić information content (AvgIpc) is 3.12. The van der Waals surface area contributed by atoms with Gasteiger partial charge in [-0.1, -0.05) is 38.0 Å². The normalized spacial score (nSPS) is 17.1. The molecule has 1 atom stereocenters. The van der Waals surface area contributed by atoms with Crippen LogP contribution in [0.2, 0.25) is 0 Å². The maximum atomic E-state index is 3.63. The number of hydrogen-bond donors (Lipinski definition) is 1. The van der Waals surface area contributed by atoms with Crippen molar-refractivity contribution >= 4 is 0 Å². The molecule has 0 bridgehead atoms. The summed E-state index contributed by atoms with van der Waals surface area (Å²) in [4.78, 5) is 0. The molecule has 17 heavy (non-hydrogen) atoms. The summed E-state index contributed by atoms with van der Waals surface area (Å²) in [5.74, 6) is 1.03. The lowest BCUT2D eigenvalue weighted by Crippen LogP contribution is -2.21. The van der Waals surface area contributed by atoms with Crippen molar-refractivity contribution in [1.29, 1.82) is 0 Å². The number of nitrogens with one attached hydrogen (secondary N) is 1. The molecule has 0 radical (unpaired) electrons. The third-order valence-corrected chi connectivity index (χ3v) is 3.94. The first-order chi connectivity index (χ1) is 8.20. The van der Waals surface area contributed by atoms with Gasteiger partial charge in [0.15, 0.2) is 0 Å². The summed E-state index contributed by atoms with van der Waals surface area (Å²) in [6.45, 7) is 7.65. The van der Waals surface area contributed by atoms with Crippen LogP contribution in [0.3, 0.4) is 0 Å². The Morgan fingerprint density at radius 1 is 1.24 bits per heavy atom. The zero-order chi connectivity index (χ0) is 12.3. The minimum Gasteiger partial charge on any atom is -0.310 e. The fourth-order valence-corrected chi connectivity index (χ4v) is 2.42. The van der Waals surface area contributed by atoms with Crippen molar-refractivity contribution in [3.8, 4) is 0 Å². The molecule has 0 spiro atoms. The van der Waals surface area contributed by atoms with Crippen LogP contribution in [0, 0.1) is 19.8 Å². The molecule has 1 unspecified atom stereocenters. The van der Waals surface area contributed by atoms with Gasteiger partial charge in [0.1, 0.15) is 0 Å². The maximum absolute atomic E-state index is 3.63. The summed E-state index contributed by atoms with van der Waals surface area (Å²) in [6, 6.07) is 7.46. The summed E-state index contributed by atoms with van der Waals surface area (Å²) in [5, 5.41) is 3.63. The molecule has 0 aliphatic heterocycles. The van der Waals surface area contributed by atoms with Gasteiger partial charge in [0.2, 0.25) is 0 Å². The second kappa shape index (κ2) is 5.68. The molecule has 1 saturated carbocycles. The van der Waals surface area contributed by atoms with Crippen LogP contribution in [-0.4, -0.2) is 6.54 Å². The van der Waals surface area contributed by atoms with Gasteiger partial charge in [-0.05, 0) is 55.8 Å². The van der Waals surface area contributed by atoms with Gasteiger partial charge in [-0.2, -0.15) is 0 Å². The van der Waals surface area contributed by atoms with E-state index in [2.05, 4.69) is 44.3 Å². The third-order valence-electron chi connectivity index (χ3n) is 3.94. The van der Waals surface area contributed by atoms with E-state index < -0.39 is 0 Å². The Kier molecular flexibility index (Phi) is 4.22. The molecule has 1 nitrogen and oxygen atoms in total. The van der Waals surface area contributed by atoms with Crippen LogP contribution in [-0.2, 0) is 0 Å². The van der Waals surface area contributed by atoms with Gasteiger partial charge in [-0.25, -0.2) is 0 Å². The van der Waals surface area contributed by atoms with Gasteiger partial charge < -0.3 is 5.32 Å². The third kappa shape index (κ3) is 3.57. The predicted molar refractivity (Wildman–Crippen MR) is 74.3 cm³/mol. The molecule has 94 valence electrons. The molecule has 1 fully saturated rings. The Balaban J connectivity index is 2.03. The Labute approximate surface area is 106 Å². The van der Waals surface area contributed by atoms with E-state index in [4.69, 9.17) is 0 Å². The Hall–Kier alpha value is -0.820. The van der Waals surface area contributed by atoms with Gasteiger partial charge in [0.25, 0.3) is 0 Å². The molecule has 1 aliphatic carbocycles. The number of aryl methyl sites for hydroxylation is 2. The van der Waals surface area contributed by atoms with Crippen molar-refractivity contribution in [1.82, 2.24) is 5.32 Å². The van der Waals surface area contributed by atoms with Gasteiger partial charge in [-0.15, -0.1) is 0 Å². The first kappa shape index (κ1) is 12.6. The van der Waals surface area contributed by atoms with Gasteiger partial charge in [0, 0.05) is 6.04 Å². The van der Waals surface area contributed by atoms with Crippen molar-refractivity contribution in [2.75, 3.05) is 6.54 Å². The lowest BCUT2D eigenvalue weighted by atomic mass is 9.97. The molecule has 0 saturated heterocycles. The highest BCUT2D eigenvalue weighted by Crippen LogP contribution is 2.36. The molecule has 2 rings (SSSR count). The summed E-state index contributed by atoms with van der Waals surface area (Å²) in [6.07, 6.45) is 5.61. The van der Waals surface area contributed by atoms with E-state index in [0.717, 1.165) is 12.5 Å². The van der Waals surface area contributed by atoms with E-state index in [9.17, 15) is 0 Å². The van der Waals surface area contributed by atoms with Crippen molar-refractivity contribution < 1.29 is 0 Å². The van der Waals surface area contributed by atoms with E-state index in [0.29, 0.717) is 6.04 Å². The zero-order valence-electron chi connectivity index (χ0n) is 11.4. The fourth-order valence-electron chi connectivity index (χ4n) is 2.42. The zero-order valence-corrected chi connectivity index (χ0v) is 11.4. The molecule has 0 heterocycles. The molecule has 0 aromatic heterocycles. The van der Waals surface area contributed by atoms with E-state index in [-0.39, 0.29) is 0 Å². The Morgan fingerprint density at radius 3 is 2.59 bits per heavy atom. The maximum Gasteiger partial charge on any atom is 0.0320 e. The van der Waals surface area contributed by atoms with Crippen LogP contribution >= 0.6 is 0 Å². The lowest BCUT2D eigenvalue weighted by Gasteiger charge is -2.19. The lowest BCUT2D eigenvalue weighted by molar-refractivity contribution is 0.481. The number of hydrogen-bond acceptors (Lipinski definition) is 1. The molecule has 1 aliphatic rings. The second-order valence-corrected chi connectivity index (χ2v) is 5.47. The fraction of sp³-hybridized carbons (Fsp3) is 0.625. The monoisotopic (exact) mass is 231 g/mol. The highest BCUT2D eigenvalue weighted by Gasteiger charge is 2.22. The molecule has 1 heteroatoms. The van der Waals surface area contributed by atoms with Crippen LogP contribution in [0.15, 0.2) is 18.2 Å². The topological polar surface area (TPSA) is 12.0 Å². The van der Waals surface area contributed by atoms with Gasteiger partial charge in [0.05, 0.1) is 0 Å². The highest BCUT2D eigenvalue weighted by atomic mass is 14.9. The van der Waals surface area contributed by atoms with Crippen molar-refractivity contribution in [2.24, 2.45) is 5.92 Å². The molecule has 0 amide bonds. The highest BCUT2D eigenvalue weighted by molar-refractivity contribution is 5.31. The van der Waals surface area contributed by atoms with E-state index >= 15 is 0 Å². The first-order valence-electron chi connectivity index (χ1n) is 7.01. The SMILES string of the molecule is CCNC(CCC1CC1)c1ccc(C)c(C)c1. The van der Waals surface area contributed by atoms with Crippen molar-refractivity contribution in [2.45, 2.75) is 52.5 Å². The van der Waals surface area contributed by atoms with E-state index in [1.807, 2.05) is 0 Å². The van der Waals surface area contributed by atoms with Gasteiger partial charge >= 0.3 is 0 Å². The molecular weight excluding hydrogens is 206 g/mol. The Bertz CT molecular complexity index is 366. The standard InChI is InChI=1S/C16H25N/c1-4-17-16(10-8-14-6-7-14)15-9-5-12(2)13(3)11-15/h5,9,11,14,16-17H,4,6-8,10H2,1-3H3. The van der Waals surface area contributed by atoms with Crippen LogP contribution in [0.25, 0.3) is 0 Å². The summed E-state index contributed by atoms with van der Waals surface area (Å²) in [7, 11) is 0. The largest absolute Gasteiger partial charge is 0.310 e. The number of benzene rings is 1. The second-order valence-electron chi connectivity index (χ2n) is 5.47. The van der Waals surface area contributed by atoms with Crippen LogP contribution in [0.1, 0.15) is 55.3 Å². The van der Waals surface area contributed by atoms with E-state index in [1.54, 1.807) is 0 Å². The predicted octanol–water partition coefficient (Wildman–Crippen LogP) is 4.14. The van der Waals surface area contributed by atoms with Crippen molar-refractivity contribution in [3.63, 3.8) is 0 Å². The van der Waals surface area contributed by atoms with Gasteiger partial charge in [-0.3, -0.25) is 0 Å². The minimum absolute atomic E-state index is 0.555. The molecule has 1 N–H and O–H groups in total. The van der Waals surface area contributed by atoms with Crippen LogP contribution in [0.5, 0.6) is 0 Å². The number of rotatable bonds is 6. The quantitative estimate of drug-likeness (QED) is 0.775. The average molecular weight is 231 g/mol. The summed E-state index contributed by atoms with van der Waals surface area (Å²) in [5.41, 5.74) is 4.28. The van der Waals surface area contributed by atoms with E-state index in [1.165, 1.54) is 42.4 Å². The summed E-state index contributed by atoms with van der Waals surface area (Å²) >= 11 is 0. The Morgan fingerprint density at radius 2 is 2.00 bits per heavy atom.